The lowest BCUT2D eigenvalue weighted by Gasteiger charge is -2.34. The van der Waals surface area contributed by atoms with Crippen LogP contribution in [0.1, 0.15) is 39.5 Å². The van der Waals surface area contributed by atoms with E-state index in [0.717, 1.165) is 25.8 Å². The number of carbonyl (C=O) groups excluding carboxylic acids is 1. The molecule has 1 rings (SSSR count). The molecule has 1 aliphatic rings. The van der Waals surface area contributed by atoms with Crippen molar-refractivity contribution in [2.75, 3.05) is 19.6 Å². The molecule has 1 amide bonds. The second-order valence-electron chi connectivity index (χ2n) is 5.42. The second-order valence-corrected chi connectivity index (χ2v) is 5.42. The van der Waals surface area contributed by atoms with E-state index in [9.17, 15) is 9.59 Å². The quantitative estimate of drug-likeness (QED) is 0.746. The van der Waals surface area contributed by atoms with E-state index in [4.69, 9.17) is 5.11 Å². The lowest BCUT2D eigenvalue weighted by atomic mass is 9.99. The molecule has 0 aromatic heterocycles. The van der Waals surface area contributed by atoms with Gasteiger partial charge in [0.2, 0.25) is 5.91 Å². The highest BCUT2D eigenvalue weighted by atomic mass is 16.4. The number of likely N-dealkylation sites (tertiary alicyclic amines) is 1. The second kappa shape index (κ2) is 7.36. The molecule has 104 valence electrons. The van der Waals surface area contributed by atoms with E-state index in [-0.39, 0.29) is 18.4 Å². The number of hydrogen-bond donors (Lipinski definition) is 2. The predicted molar refractivity (Wildman–Crippen MR) is 69.3 cm³/mol. The molecule has 0 radical (unpaired) electrons. The average Bonchev–Trinajstić information content (AvgIpc) is 2.28. The highest BCUT2D eigenvalue weighted by Crippen LogP contribution is 2.19. The fourth-order valence-electron chi connectivity index (χ4n) is 2.26. The highest BCUT2D eigenvalue weighted by Gasteiger charge is 2.25. The Hall–Kier alpha value is -1.10. The molecule has 1 atom stereocenters. The van der Waals surface area contributed by atoms with Crippen LogP contribution in [0.4, 0.5) is 0 Å². The number of nitrogens with zero attached hydrogens (tertiary/aromatic N) is 1. The minimum absolute atomic E-state index is 0.000916. The summed E-state index contributed by atoms with van der Waals surface area (Å²) < 4.78 is 0. The molecule has 1 heterocycles. The number of hydrogen-bond acceptors (Lipinski definition) is 3. The van der Waals surface area contributed by atoms with Crippen molar-refractivity contribution < 1.29 is 14.7 Å². The lowest BCUT2D eigenvalue weighted by molar-refractivity contribution is -0.139. The Morgan fingerprint density at radius 2 is 2.11 bits per heavy atom. The van der Waals surface area contributed by atoms with Gasteiger partial charge in [0.15, 0.2) is 0 Å². The summed E-state index contributed by atoms with van der Waals surface area (Å²) in [5.41, 5.74) is 0. The normalized spacial score (nSPS) is 20.9. The van der Waals surface area contributed by atoms with Crippen LogP contribution in [-0.2, 0) is 9.59 Å². The third-order valence-corrected chi connectivity index (χ3v) is 3.21. The third-order valence-electron chi connectivity index (χ3n) is 3.21. The van der Waals surface area contributed by atoms with Gasteiger partial charge < -0.3 is 10.4 Å². The van der Waals surface area contributed by atoms with Crippen molar-refractivity contribution in [3.8, 4) is 0 Å². The van der Waals surface area contributed by atoms with Gasteiger partial charge in [-0.25, -0.2) is 0 Å². The Balaban J connectivity index is 2.41. The van der Waals surface area contributed by atoms with Gasteiger partial charge in [-0.2, -0.15) is 0 Å². The van der Waals surface area contributed by atoms with Crippen LogP contribution in [-0.4, -0.2) is 47.6 Å². The summed E-state index contributed by atoms with van der Waals surface area (Å²) in [6.45, 7) is 5.93. The van der Waals surface area contributed by atoms with Crippen LogP contribution in [0, 0.1) is 5.92 Å². The summed E-state index contributed by atoms with van der Waals surface area (Å²) in [5, 5.41) is 11.7. The van der Waals surface area contributed by atoms with Crippen molar-refractivity contribution in [3.05, 3.63) is 0 Å². The number of piperidine rings is 1. The van der Waals surface area contributed by atoms with Gasteiger partial charge in [-0.15, -0.1) is 0 Å². The van der Waals surface area contributed by atoms with E-state index in [0.29, 0.717) is 19.0 Å². The average molecular weight is 256 g/mol. The van der Waals surface area contributed by atoms with Crippen molar-refractivity contribution >= 4 is 11.9 Å². The molecule has 2 N–H and O–H groups in total. The van der Waals surface area contributed by atoms with E-state index in [1.165, 1.54) is 0 Å². The zero-order valence-electron chi connectivity index (χ0n) is 11.3. The number of carbonyl (C=O) groups is 2. The molecule has 0 aliphatic carbocycles. The van der Waals surface area contributed by atoms with Crippen LogP contribution in [0.3, 0.4) is 0 Å². The maximum atomic E-state index is 11.7. The molecule has 1 saturated heterocycles. The zero-order chi connectivity index (χ0) is 13.5. The molecule has 18 heavy (non-hydrogen) atoms. The highest BCUT2D eigenvalue weighted by molar-refractivity contribution is 5.78. The molecule has 5 heteroatoms. The standard InChI is InChI=1S/C13H24N2O3/c1-10(2)8-14-12(16)9-15-6-4-3-5-11(15)7-13(17)18/h10-11H,3-9H2,1-2H3,(H,14,16)(H,17,18). The first kappa shape index (κ1) is 15.0. The SMILES string of the molecule is CC(C)CNC(=O)CN1CCCCC1CC(=O)O. The molecule has 0 bridgehead atoms. The summed E-state index contributed by atoms with van der Waals surface area (Å²) in [6.07, 6.45) is 3.12. The number of aliphatic carboxylic acids is 1. The van der Waals surface area contributed by atoms with Gasteiger partial charge in [-0.3, -0.25) is 14.5 Å². The van der Waals surface area contributed by atoms with Gasteiger partial charge in [0.05, 0.1) is 13.0 Å². The molecular weight excluding hydrogens is 232 g/mol. The van der Waals surface area contributed by atoms with Gasteiger partial charge in [-0.1, -0.05) is 20.3 Å². The van der Waals surface area contributed by atoms with Crippen LogP contribution >= 0.6 is 0 Å². The summed E-state index contributed by atoms with van der Waals surface area (Å²) in [7, 11) is 0. The Bertz CT molecular complexity index is 292. The van der Waals surface area contributed by atoms with Crippen LogP contribution in [0.15, 0.2) is 0 Å². The maximum absolute atomic E-state index is 11.7. The summed E-state index contributed by atoms with van der Waals surface area (Å²) in [4.78, 5) is 24.5. The largest absolute Gasteiger partial charge is 0.481 e. The fourth-order valence-corrected chi connectivity index (χ4v) is 2.26. The van der Waals surface area contributed by atoms with E-state index in [1.807, 2.05) is 4.90 Å². The molecular formula is C13H24N2O3. The first-order valence-corrected chi connectivity index (χ1v) is 6.71. The minimum atomic E-state index is -0.783. The van der Waals surface area contributed by atoms with Crippen molar-refractivity contribution in [1.29, 1.82) is 0 Å². The number of amides is 1. The lowest BCUT2D eigenvalue weighted by Crippen LogP contribution is -2.46. The first-order chi connectivity index (χ1) is 8.49. The Morgan fingerprint density at radius 3 is 2.72 bits per heavy atom. The smallest absolute Gasteiger partial charge is 0.304 e. The first-order valence-electron chi connectivity index (χ1n) is 6.71. The molecule has 0 spiro atoms. The Morgan fingerprint density at radius 1 is 1.39 bits per heavy atom. The maximum Gasteiger partial charge on any atom is 0.304 e. The molecule has 1 unspecified atom stereocenters. The number of rotatable bonds is 6. The molecule has 5 nitrogen and oxygen atoms in total. The van der Waals surface area contributed by atoms with Crippen LogP contribution in [0.5, 0.6) is 0 Å². The molecule has 0 aromatic carbocycles. The van der Waals surface area contributed by atoms with Crippen LogP contribution in [0.25, 0.3) is 0 Å². The molecule has 0 aromatic rings. The molecule has 0 saturated carbocycles. The van der Waals surface area contributed by atoms with Gasteiger partial charge in [0.1, 0.15) is 0 Å². The van der Waals surface area contributed by atoms with Gasteiger partial charge >= 0.3 is 5.97 Å². The van der Waals surface area contributed by atoms with Crippen LogP contribution < -0.4 is 5.32 Å². The van der Waals surface area contributed by atoms with Crippen molar-refractivity contribution in [1.82, 2.24) is 10.2 Å². The topological polar surface area (TPSA) is 69.6 Å². The fraction of sp³-hybridized carbons (Fsp3) is 0.846. The summed E-state index contributed by atoms with van der Waals surface area (Å²) in [5.74, 6) is -0.347. The van der Waals surface area contributed by atoms with Gasteiger partial charge in [-0.05, 0) is 25.3 Å². The monoisotopic (exact) mass is 256 g/mol. The summed E-state index contributed by atoms with van der Waals surface area (Å²) in [6, 6.07) is 0.0149. The molecule has 1 aliphatic heterocycles. The van der Waals surface area contributed by atoms with E-state index in [2.05, 4.69) is 19.2 Å². The van der Waals surface area contributed by atoms with E-state index < -0.39 is 5.97 Å². The number of nitrogens with one attached hydrogen (secondary N) is 1. The van der Waals surface area contributed by atoms with Crippen LogP contribution in [0.2, 0.25) is 0 Å². The van der Waals surface area contributed by atoms with Gasteiger partial charge in [0.25, 0.3) is 0 Å². The van der Waals surface area contributed by atoms with Crippen molar-refractivity contribution in [2.24, 2.45) is 5.92 Å². The Kier molecular flexibility index (Phi) is 6.12. The number of carboxylic acids is 1. The zero-order valence-corrected chi connectivity index (χ0v) is 11.3. The minimum Gasteiger partial charge on any atom is -0.481 e. The summed E-state index contributed by atoms with van der Waals surface area (Å²) >= 11 is 0. The predicted octanol–water partition coefficient (Wildman–Crippen LogP) is 1.09. The van der Waals surface area contributed by atoms with E-state index >= 15 is 0 Å². The van der Waals surface area contributed by atoms with Crippen molar-refractivity contribution in [3.63, 3.8) is 0 Å². The third kappa shape index (κ3) is 5.49. The van der Waals surface area contributed by atoms with Gasteiger partial charge in [0, 0.05) is 12.6 Å². The number of carboxylic acid groups (broad SMARTS) is 1. The van der Waals surface area contributed by atoms with E-state index in [1.54, 1.807) is 0 Å². The Labute approximate surface area is 109 Å². The molecule has 1 fully saturated rings. The van der Waals surface area contributed by atoms with Crippen molar-refractivity contribution in [2.45, 2.75) is 45.6 Å².